The van der Waals surface area contributed by atoms with Gasteiger partial charge >= 0.3 is 5.97 Å². The number of ether oxygens (including phenoxy) is 1. The zero-order valence-corrected chi connectivity index (χ0v) is 16.2. The molecule has 0 saturated carbocycles. The van der Waals surface area contributed by atoms with E-state index in [9.17, 15) is 9.90 Å². The van der Waals surface area contributed by atoms with Crippen molar-refractivity contribution in [3.8, 4) is 5.75 Å². The van der Waals surface area contributed by atoms with Crippen molar-refractivity contribution in [3.05, 3.63) is 35.0 Å². The molecule has 4 N–H and O–H groups in total. The highest BCUT2D eigenvalue weighted by Gasteiger charge is 2.18. The van der Waals surface area contributed by atoms with Crippen molar-refractivity contribution in [2.45, 2.75) is 33.2 Å². The van der Waals surface area contributed by atoms with Gasteiger partial charge in [0.15, 0.2) is 5.82 Å². The Kier molecular flexibility index (Phi) is 5.62. The van der Waals surface area contributed by atoms with Crippen molar-refractivity contribution in [1.29, 1.82) is 0 Å². The minimum absolute atomic E-state index is 0.167. The molecule has 3 aromatic rings. The first-order chi connectivity index (χ1) is 13.4. The topological polar surface area (TPSA) is 128 Å². The fourth-order valence-corrected chi connectivity index (χ4v) is 3.04. The lowest BCUT2D eigenvalue weighted by molar-refractivity contribution is 0.0696. The molecular weight excluding hydrogens is 360 g/mol. The van der Waals surface area contributed by atoms with Crippen LogP contribution in [0.3, 0.4) is 0 Å². The summed E-state index contributed by atoms with van der Waals surface area (Å²) in [4.78, 5) is 19.9. The van der Waals surface area contributed by atoms with Crippen molar-refractivity contribution in [2.75, 3.05) is 24.7 Å². The van der Waals surface area contributed by atoms with Gasteiger partial charge in [0.2, 0.25) is 5.95 Å². The maximum atomic E-state index is 11.2. The molecule has 0 saturated heterocycles. The number of fused-ring (bicyclic) bond motifs is 1. The van der Waals surface area contributed by atoms with E-state index in [4.69, 9.17) is 10.5 Å². The van der Waals surface area contributed by atoms with Crippen LogP contribution in [0.2, 0.25) is 0 Å². The van der Waals surface area contributed by atoms with E-state index in [-0.39, 0.29) is 11.5 Å². The molecule has 0 atom stereocenters. The van der Waals surface area contributed by atoms with Gasteiger partial charge in [-0.2, -0.15) is 10.1 Å². The molecule has 148 valence electrons. The van der Waals surface area contributed by atoms with E-state index in [0.29, 0.717) is 23.6 Å². The number of carboxylic acids is 1. The number of nitrogens with two attached hydrogens (primary N) is 1. The number of rotatable bonds is 8. The number of aromatic nitrogens is 4. The molecule has 0 bridgehead atoms. The molecule has 0 aliphatic rings. The number of aryl methyl sites for hydroxylation is 1. The number of hydrogen-bond acceptors (Lipinski definition) is 7. The molecule has 0 aliphatic heterocycles. The first kappa shape index (κ1) is 19.4. The summed E-state index contributed by atoms with van der Waals surface area (Å²) in [5.74, 6) is 0.310. The van der Waals surface area contributed by atoms with E-state index in [2.05, 4.69) is 27.3 Å². The van der Waals surface area contributed by atoms with Crippen molar-refractivity contribution in [3.63, 3.8) is 0 Å². The second-order valence-corrected chi connectivity index (χ2v) is 6.48. The third-order valence-corrected chi connectivity index (χ3v) is 4.45. The fourth-order valence-electron chi connectivity index (χ4n) is 3.04. The summed E-state index contributed by atoms with van der Waals surface area (Å²) in [5.41, 5.74) is 9.03. The zero-order chi connectivity index (χ0) is 20.3. The van der Waals surface area contributed by atoms with Crippen molar-refractivity contribution in [1.82, 2.24) is 19.7 Å². The molecule has 0 spiro atoms. The molecule has 2 heterocycles. The van der Waals surface area contributed by atoms with Gasteiger partial charge in [0.1, 0.15) is 16.8 Å². The lowest BCUT2D eigenvalue weighted by Crippen LogP contribution is -2.10. The predicted octanol–water partition coefficient (Wildman–Crippen LogP) is 2.68. The Hall–Kier alpha value is -3.36. The Morgan fingerprint density at radius 2 is 2.14 bits per heavy atom. The highest BCUT2D eigenvalue weighted by molar-refractivity contribution is 5.89. The van der Waals surface area contributed by atoms with E-state index >= 15 is 0 Å². The van der Waals surface area contributed by atoms with E-state index in [1.807, 2.05) is 6.92 Å². The molecular formula is C19H24N6O3. The molecule has 0 unspecified atom stereocenters. The molecule has 0 radical (unpaired) electrons. The van der Waals surface area contributed by atoms with Crippen LogP contribution in [0.15, 0.2) is 18.2 Å². The Bertz CT molecular complexity index is 1010. The highest BCUT2D eigenvalue weighted by atomic mass is 16.5. The zero-order valence-electron chi connectivity index (χ0n) is 16.2. The number of aromatic carboxylic acids is 1. The van der Waals surface area contributed by atoms with Gasteiger partial charge in [-0.3, -0.25) is 4.68 Å². The van der Waals surface area contributed by atoms with Crippen LogP contribution in [0.25, 0.3) is 11.0 Å². The second kappa shape index (κ2) is 8.12. The van der Waals surface area contributed by atoms with Crippen LogP contribution < -0.4 is 15.8 Å². The van der Waals surface area contributed by atoms with Crippen LogP contribution >= 0.6 is 0 Å². The van der Waals surface area contributed by atoms with Gasteiger partial charge in [0, 0.05) is 12.1 Å². The van der Waals surface area contributed by atoms with Crippen molar-refractivity contribution < 1.29 is 14.6 Å². The van der Waals surface area contributed by atoms with Crippen LogP contribution in [0, 0.1) is 6.92 Å². The van der Waals surface area contributed by atoms with E-state index in [0.717, 1.165) is 36.2 Å². The average Bonchev–Trinajstić information content (AvgIpc) is 2.97. The van der Waals surface area contributed by atoms with Crippen molar-refractivity contribution >= 4 is 28.8 Å². The quantitative estimate of drug-likeness (QED) is 0.506. The number of unbranched alkanes of at least 4 members (excludes halogenated alkanes) is 1. The molecule has 0 amide bonds. The largest absolute Gasteiger partial charge is 0.496 e. The number of carboxylic acid groups (broad SMARTS) is 1. The summed E-state index contributed by atoms with van der Waals surface area (Å²) < 4.78 is 7.17. The summed E-state index contributed by atoms with van der Waals surface area (Å²) >= 11 is 0. The van der Waals surface area contributed by atoms with Crippen LogP contribution in [0.4, 0.5) is 11.8 Å². The van der Waals surface area contributed by atoms with E-state index in [1.54, 1.807) is 16.8 Å². The minimum Gasteiger partial charge on any atom is -0.496 e. The maximum Gasteiger partial charge on any atom is 0.335 e. The summed E-state index contributed by atoms with van der Waals surface area (Å²) in [5, 5.41) is 17.1. The van der Waals surface area contributed by atoms with E-state index < -0.39 is 5.97 Å². The van der Waals surface area contributed by atoms with E-state index in [1.165, 1.54) is 13.2 Å². The number of nitrogen functional groups attached to an aromatic ring is 1. The second-order valence-electron chi connectivity index (χ2n) is 6.48. The standard InChI is InChI=1S/C19H24N6O3/c1-4-5-8-21-17-16-15(22-19(20)23-17)11(2)24-25(16)10-13-7-6-12(18(26)27)9-14(13)28-3/h6-7,9H,4-5,8,10H2,1-3H3,(H,26,27)(H3,20,21,22,23). The summed E-state index contributed by atoms with van der Waals surface area (Å²) in [6, 6.07) is 4.78. The van der Waals surface area contributed by atoms with Crippen LogP contribution in [-0.2, 0) is 6.54 Å². The number of nitrogens with one attached hydrogen (secondary N) is 1. The van der Waals surface area contributed by atoms with Gasteiger partial charge in [-0.05, 0) is 25.5 Å². The molecule has 1 aromatic carbocycles. The normalized spacial score (nSPS) is 11.0. The number of carbonyl (C=O) groups is 1. The maximum absolute atomic E-state index is 11.2. The summed E-state index contributed by atoms with van der Waals surface area (Å²) in [6.07, 6.45) is 2.06. The Labute approximate surface area is 162 Å². The first-order valence-corrected chi connectivity index (χ1v) is 9.09. The lowest BCUT2D eigenvalue weighted by atomic mass is 10.1. The van der Waals surface area contributed by atoms with Gasteiger partial charge in [-0.25, -0.2) is 9.78 Å². The smallest absolute Gasteiger partial charge is 0.335 e. The number of hydrogen-bond donors (Lipinski definition) is 3. The Balaban J connectivity index is 2.05. The van der Waals surface area contributed by atoms with Gasteiger partial charge in [-0.15, -0.1) is 0 Å². The van der Waals surface area contributed by atoms with Crippen molar-refractivity contribution in [2.24, 2.45) is 0 Å². The number of methoxy groups -OCH3 is 1. The first-order valence-electron chi connectivity index (χ1n) is 9.09. The third kappa shape index (κ3) is 3.83. The molecule has 0 fully saturated rings. The minimum atomic E-state index is -1.00. The van der Waals surface area contributed by atoms with Gasteiger partial charge in [-0.1, -0.05) is 19.4 Å². The molecule has 3 rings (SSSR count). The van der Waals surface area contributed by atoms with Crippen LogP contribution in [0.1, 0.15) is 41.4 Å². The summed E-state index contributed by atoms with van der Waals surface area (Å²) in [7, 11) is 1.51. The molecule has 28 heavy (non-hydrogen) atoms. The molecule has 2 aromatic heterocycles. The van der Waals surface area contributed by atoms with Crippen LogP contribution in [0.5, 0.6) is 5.75 Å². The van der Waals surface area contributed by atoms with Gasteiger partial charge < -0.3 is 20.9 Å². The molecule has 9 heteroatoms. The Morgan fingerprint density at radius 3 is 2.82 bits per heavy atom. The number of benzene rings is 1. The monoisotopic (exact) mass is 384 g/mol. The Morgan fingerprint density at radius 1 is 1.36 bits per heavy atom. The number of nitrogens with zero attached hydrogens (tertiary/aromatic N) is 4. The van der Waals surface area contributed by atoms with Gasteiger partial charge in [0.05, 0.1) is 24.9 Å². The fraction of sp³-hybridized carbons (Fsp3) is 0.368. The molecule has 9 nitrogen and oxygen atoms in total. The molecule has 0 aliphatic carbocycles. The van der Waals surface area contributed by atoms with Gasteiger partial charge in [0.25, 0.3) is 0 Å². The lowest BCUT2D eigenvalue weighted by Gasteiger charge is -2.12. The van der Waals surface area contributed by atoms with Crippen LogP contribution in [-0.4, -0.2) is 44.5 Å². The number of anilines is 2. The summed E-state index contributed by atoms with van der Waals surface area (Å²) in [6.45, 7) is 5.13. The predicted molar refractivity (Wildman–Crippen MR) is 107 cm³/mol. The average molecular weight is 384 g/mol. The highest BCUT2D eigenvalue weighted by Crippen LogP contribution is 2.27. The third-order valence-electron chi connectivity index (χ3n) is 4.45. The SMILES string of the molecule is CCCCNc1nc(N)nc2c(C)nn(Cc3ccc(C(=O)O)cc3OC)c12.